The van der Waals surface area contributed by atoms with Crippen LogP contribution in [0.15, 0.2) is 11.7 Å². The Hall–Kier alpha value is -0.410. The van der Waals surface area contributed by atoms with Gasteiger partial charge >= 0.3 is 0 Å². The molecule has 1 aromatic heterocycles. The zero-order valence-corrected chi connectivity index (χ0v) is 9.97. The van der Waals surface area contributed by atoms with E-state index in [0.717, 1.165) is 19.3 Å². The van der Waals surface area contributed by atoms with E-state index in [1.54, 1.807) is 11.3 Å². The highest BCUT2D eigenvalue weighted by atomic mass is 32.1. The van der Waals surface area contributed by atoms with Gasteiger partial charge in [0.05, 0.1) is 11.6 Å². The number of aliphatic hydroxyl groups excluding tert-OH is 1. The van der Waals surface area contributed by atoms with Gasteiger partial charge in [-0.2, -0.15) is 0 Å². The molecule has 0 aromatic carbocycles. The van der Waals surface area contributed by atoms with Crippen molar-refractivity contribution in [2.75, 3.05) is 0 Å². The molecule has 0 aliphatic heterocycles. The predicted octanol–water partition coefficient (Wildman–Crippen LogP) is 2.87. The van der Waals surface area contributed by atoms with E-state index in [1.807, 2.05) is 11.7 Å². The first kappa shape index (κ1) is 11.7. The molecule has 2 nitrogen and oxygen atoms in total. The van der Waals surface area contributed by atoms with Gasteiger partial charge in [-0.05, 0) is 24.7 Å². The lowest BCUT2D eigenvalue weighted by Crippen LogP contribution is -2.25. The normalized spacial score (nSPS) is 14.3. The molecule has 14 heavy (non-hydrogen) atoms. The van der Waals surface area contributed by atoms with Gasteiger partial charge in [0.2, 0.25) is 0 Å². The zero-order chi connectivity index (χ0) is 10.6. The Labute approximate surface area is 90.0 Å². The molecule has 0 aliphatic rings. The van der Waals surface area contributed by atoms with Crippen molar-refractivity contribution >= 4 is 11.3 Å². The third kappa shape index (κ3) is 3.76. The summed E-state index contributed by atoms with van der Waals surface area (Å²) < 4.78 is 0. The molecule has 1 unspecified atom stereocenters. The van der Waals surface area contributed by atoms with Crippen LogP contribution in [0.25, 0.3) is 0 Å². The summed E-state index contributed by atoms with van der Waals surface area (Å²) in [5.74, 6) is 0. The maximum Gasteiger partial charge on any atom is 0.0794 e. The van der Waals surface area contributed by atoms with E-state index in [2.05, 4.69) is 25.8 Å². The molecule has 0 amide bonds. The number of hydrogen-bond donors (Lipinski definition) is 1. The van der Waals surface area contributed by atoms with Crippen LogP contribution in [-0.2, 0) is 6.42 Å². The fraction of sp³-hybridized carbons (Fsp3) is 0.727. The van der Waals surface area contributed by atoms with Gasteiger partial charge in [0.1, 0.15) is 0 Å². The summed E-state index contributed by atoms with van der Waals surface area (Å²) in [5.41, 5.74) is 1.86. The van der Waals surface area contributed by atoms with Gasteiger partial charge in [0.15, 0.2) is 0 Å². The molecule has 1 heterocycles. The van der Waals surface area contributed by atoms with Crippen molar-refractivity contribution in [1.29, 1.82) is 0 Å². The van der Waals surface area contributed by atoms with E-state index in [0.29, 0.717) is 0 Å². The van der Waals surface area contributed by atoms with E-state index < -0.39 is 0 Å². The Morgan fingerprint density at radius 1 is 1.50 bits per heavy atom. The fourth-order valence-corrected chi connectivity index (χ4v) is 1.91. The number of thiazole rings is 1. The van der Waals surface area contributed by atoms with Gasteiger partial charge in [-0.15, -0.1) is 11.3 Å². The summed E-state index contributed by atoms with van der Waals surface area (Å²) in [6.45, 7) is 6.22. The molecule has 1 N–H and O–H groups in total. The van der Waals surface area contributed by atoms with Gasteiger partial charge < -0.3 is 5.11 Å². The molecule has 0 spiro atoms. The first-order chi connectivity index (χ1) is 6.50. The molecule has 0 saturated heterocycles. The molecule has 0 bridgehead atoms. The largest absolute Gasteiger partial charge is 0.393 e. The Balaban J connectivity index is 2.22. The number of hydrogen-bond acceptors (Lipinski definition) is 3. The molecule has 80 valence electrons. The second kappa shape index (κ2) is 4.89. The minimum absolute atomic E-state index is 0.00764. The molecular weight excluding hydrogens is 194 g/mol. The van der Waals surface area contributed by atoms with Gasteiger partial charge in [-0.1, -0.05) is 20.8 Å². The number of aryl methyl sites for hydroxylation is 1. The summed E-state index contributed by atoms with van der Waals surface area (Å²) in [4.78, 5) is 5.34. The van der Waals surface area contributed by atoms with Crippen molar-refractivity contribution in [3.8, 4) is 0 Å². The van der Waals surface area contributed by atoms with Crippen molar-refractivity contribution < 1.29 is 5.11 Å². The first-order valence-electron chi connectivity index (χ1n) is 5.05. The average Bonchev–Trinajstić information content (AvgIpc) is 2.55. The SMILES string of the molecule is CC(C)(C)C(O)CCCc1cncs1. The molecule has 3 heteroatoms. The third-order valence-electron chi connectivity index (χ3n) is 2.38. The Kier molecular flexibility index (Phi) is 4.08. The minimum atomic E-state index is -0.199. The summed E-state index contributed by atoms with van der Waals surface area (Å²) in [5, 5.41) is 9.80. The molecule has 0 saturated carbocycles. The third-order valence-corrected chi connectivity index (χ3v) is 3.22. The highest BCUT2D eigenvalue weighted by Gasteiger charge is 2.21. The van der Waals surface area contributed by atoms with E-state index in [4.69, 9.17) is 0 Å². The van der Waals surface area contributed by atoms with E-state index in [-0.39, 0.29) is 11.5 Å². The smallest absolute Gasteiger partial charge is 0.0794 e. The van der Waals surface area contributed by atoms with Gasteiger partial charge in [0.25, 0.3) is 0 Å². The Morgan fingerprint density at radius 2 is 2.21 bits per heavy atom. The van der Waals surface area contributed by atoms with Crippen LogP contribution in [0.1, 0.15) is 38.5 Å². The standard InChI is InChI=1S/C11H19NOS/c1-11(2,3)10(13)6-4-5-9-7-12-8-14-9/h7-8,10,13H,4-6H2,1-3H3. The van der Waals surface area contributed by atoms with Crippen LogP contribution in [0.3, 0.4) is 0 Å². The summed E-state index contributed by atoms with van der Waals surface area (Å²) in [6, 6.07) is 0. The number of rotatable bonds is 4. The molecule has 1 atom stereocenters. The maximum atomic E-state index is 9.80. The predicted molar refractivity (Wildman–Crippen MR) is 60.5 cm³/mol. The van der Waals surface area contributed by atoms with Crippen LogP contribution in [0.2, 0.25) is 0 Å². The number of aromatic nitrogens is 1. The van der Waals surface area contributed by atoms with Crippen LogP contribution >= 0.6 is 11.3 Å². The lowest BCUT2D eigenvalue weighted by Gasteiger charge is -2.25. The van der Waals surface area contributed by atoms with Crippen molar-refractivity contribution in [2.45, 2.75) is 46.1 Å². The zero-order valence-electron chi connectivity index (χ0n) is 9.16. The number of nitrogens with zero attached hydrogens (tertiary/aromatic N) is 1. The molecule has 1 aromatic rings. The van der Waals surface area contributed by atoms with Crippen LogP contribution in [0, 0.1) is 5.41 Å². The molecule has 0 aliphatic carbocycles. The number of aliphatic hydroxyl groups is 1. The van der Waals surface area contributed by atoms with Gasteiger partial charge in [-0.3, -0.25) is 4.98 Å². The monoisotopic (exact) mass is 213 g/mol. The van der Waals surface area contributed by atoms with Crippen molar-refractivity contribution in [1.82, 2.24) is 4.98 Å². The van der Waals surface area contributed by atoms with E-state index in [1.165, 1.54) is 4.88 Å². The van der Waals surface area contributed by atoms with Gasteiger partial charge in [0, 0.05) is 11.1 Å². The maximum absolute atomic E-state index is 9.80. The second-order valence-corrected chi connectivity index (χ2v) is 5.71. The fourth-order valence-electron chi connectivity index (χ4n) is 1.27. The van der Waals surface area contributed by atoms with Gasteiger partial charge in [-0.25, -0.2) is 0 Å². The Morgan fingerprint density at radius 3 is 2.71 bits per heavy atom. The summed E-state index contributed by atoms with van der Waals surface area (Å²) >= 11 is 1.69. The van der Waals surface area contributed by atoms with Crippen molar-refractivity contribution in [2.24, 2.45) is 5.41 Å². The first-order valence-corrected chi connectivity index (χ1v) is 5.93. The second-order valence-electron chi connectivity index (χ2n) is 4.74. The highest BCUT2D eigenvalue weighted by Crippen LogP contribution is 2.23. The molecule has 0 radical (unpaired) electrons. The van der Waals surface area contributed by atoms with Crippen LogP contribution < -0.4 is 0 Å². The lowest BCUT2D eigenvalue weighted by molar-refractivity contribution is 0.0541. The average molecular weight is 213 g/mol. The summed E-state index contributed by atoms with van der Waals surface area (Å²) in [7, 11) is 0. The Bertz CT molecular complexity index is 251. The van der Waals surface area contributed by atoms with E-state index in [9.17, 15) is 5.11 Å². The molecule has 1 rings (SSSR count). The highest BCUT2D eigenvalue weighted by molar-refractivity contribution is 7.09. The van der Waals surface area contributed by atoms with Crippen molar-refractivity contribution in [3.05, 3.63) is 16.6 Å². The molecule has 0 fully saturated rings. The van der Waals surface area contributed by atoms with E-state index >= 15 is 0 Å². The van der Waals surface area contributed by atoms with Crippen molar-refractivity contribution in [3.63, 3.8) is 0 Å². The lowest BCUT2D eigenvalue weighted by atomic mass is 9.86. The van der Waals surface area contributed by atoms with Crippen LogP contribution in [-0.4, -0.2) is 16.2 Å². The minimum Gasteiger partial charge on any atom is -0.393 e. The van der Waals surface area contributed by atoms with Crippen LogP contribution in [0.4, 0.5) is 0 Å². The van der Waals surface area contributed by atoms with Crippen LogP contribution in [0.5, 0.6) is 0 Å². The topological polar surface area (TPSA) is 33.1 Å². The summed E-state index contributed by atoms with van der Waals surface area (Å²) in [6.07, 6.45) is 4.67. The molecular formula is C11H19NOS. The quantitative estimate of drug-likeness (QED) is 0.834.